The van der Waals surface area contributed by atoms with Gasteiger partial charge in [-0.2, -0.15) is 4.98 Å². The zero-order valence-electron chi connectivity index (χ0n) is 12.4. The molecule has 4 nitrogen and oxygen atoms in total. The number of nitrogens with one attached hydrogen (secondary N) is 1. The maximum atomic E-state index is 4.56. The van der Waals surface area contributed by atoms with Crippen molar-refractivity contribution in [1.82, 2.24) is 9.97 Å². The summed E-state index contributed by atoms with van der Waals surface area (Å²) in [7, 11) is 0. The van der Waals surface area contributed by atoms with E-state index >= 15 is 0 Å². The van der Waals surface area contributed by atoms with Crippen LogP contribution in [0.5, 0.6) is 0 Å². The molecule has 2 aromatic rings. The first-order valence-corrected chi connectivity index (χ1v) is 7.10. The van der Waals surface area contributed by atoms with Crippen LogP contribution < -0.4 is 10.2 Å². The van der Waals surface area contributed by atoms with E-state index in [-0.39, 0.29) is 0 Å². The molecule has 1 N–H and O–H groups in total. The van der Waals surface area contributed by atoms with Gasteiger partial charge in [0.25, 0.3) is 0 Å². The molecule has 4 heteroatoms. The van der Waals surface area contributed by atoms with Crippen LogP contribution in [-0.2, 0) is 6.54 Å². The summed E-state index contributed by atoms with van der Waals surface area (Å²) in [6, 6.07) is 10.4. The van der Waals surface area contributed by atoms with Crippen molar-refractivity contribution < 1.29 is 0 Å². The summed E-state index contributed by atoms with van der Waals surface area (Å²) in [5.41, 5.74) is 2.53. The second-order valence-corrected chi connectivity index (χ2v) is 4.76. The average Bonchev–Trinajstić information content (AvgIpc) is 2.47. The Kier molecular flexibility index (Phi) is 4.93. The third kappa shape index (κ3) is 3.70. The average molecular weight is 270 g/mol. The van der Waals surface area contributed by atoms with Gasteiger partial charge in [-0.05, 0) is 32.4 Å². The fourth-order valence-corrected chi connectivity index (χ4v) is 2.12. The molecule has 0 aliphatic rings. The van der Waals surface area contributed by atoms with Crippen molar-refractivity contribution in [1.29, 1.82) is 0 Å². The number of hydrogen-bond donors (Lipinski definition) is 1. The van der Waals surface area contributed by atoms with Crippen molar-refractivity contribution in [3.8, 4) is 0 Å². The molecule has 1 aromatic carbocycles. The summed E-state index contributed by atoms with van der Waals surface area (Å²) < 4.78 is 0. The first-order chi connectivity index (χ1) is 9.72. The van der Waals surface area contributed by atoms with Crippen LogP contribution in [0, 0.1) is 6.92 Å². The van der Waals surface area contributed by atoms with E-state index in [4.69, 9.17) is 0 Å². The zero-order valence-corrected chi connectivity index (χ0v) is 12.4. The van der Waals surface area contributed by atoms with Crippen LogP contribution in [0.25, 0.3) is 0 Å². The summed E-state index contributed by atoms with van der Waals surface area (Å²) in [6.45, 7) is 8.93. The lowest BCUT2D eigenvalue weighted by Gasteiger charge is -2.18. The minimum atomic E-state index is 0.774. The van der Waals surface area contributed by atoms with Gasteiger partial charge in [-0.3, -0.25) is 0 Å². The Hall–Kier alpha value is -2.10. The molecule has 0 fully saturated rings. The van der Waals surface area contributed by atoms with Crippen molar-refractivity contribution >= 4 is 11.8 Å². The molecule has 1 heterocycles. The van der Waals surface area contributed by atoms with Crippen molar-refractivity contribution in [2.45, 2.75) is 27.3 Å². The number of hydrogen-bond acceptors (Lipinski definition) is 4. The largest absolute Gasteiger partial charge is 0.366 e. The van der Waals surface area contributed by atoms with Gasteiger partial charge in [-0.15, -0.1) is 0 Å². The first-order valence-electron chi connectivity index (χ1n) is 7.10. The lowest BCUT2D eigenvalue weighted by atomic mass is 10.1. The predicted octanol–water partition coefficient (Wildman–Crippen LogP) is 3.24. The minimum Gasteiger partial charge on any atom is -0.366 e. The van der Waals surface area contributed by atoms with E-state index in [0.29, 0.717) is 0 Å². The zero-order chi connectivity index (χ0) is 14.4. The highest BCUT2D eigenvalue weighted by Crippen LogP contribution is 2.12. The molecule has 2 rings (SSSR count). The molecule has 106 valence electrons. The van der Waals surface area contributed by atoms with Crippen LogP contribution in [0.3, 0.4) is 0 Å². The van der Waals surface area contributed by atoms with Gasteiger partial charge in [0.15, 0.2) is 0 Å². The van der Waals surface area contributed by atoms with E-state index in [1.54, 1.807) is 6.20 Å². The molecule has 1 aromatic heterocycles. The Bertz CT molecular complexity index is 550. The third-order valence-corrected chi connectivity index (χ3v) is 3.25. The molecule has 0 atom stereocenters. The number of rotatable bonds is 6. The van der Waals surface area contributed by atoms with Gasteiger partial charge in [-0.1, -0.05) is 29.8 Å². The topological polar surface area (TPSA) is 41.1 Å². The first kappa shape index (κ1) is 14.3. The highest BCUT2D eigenvalue weighted by molar-refractivity contribution is 5.41. The summed E-state index contributed by atoms with van der Waals surface area (Å²) in [6.07, 6.45) is 1.80. The quantitative estimate of drug-likeness (QED) is 0.875. The smallest absolute Gasteiger partial charge is 0.227 e. The second kappa shape index (κ2) is 6.89. The fourth-order valence-electron chi connectivity index (χ4n) is 2.12. The summed E-state index contributed by atoms with van der Waals surface area (Å²) >= 11 is 0. The Balaban J connectivity index is 2.04. The summed E-state index contributed by atoms with van der Waals surface area (Å²) in [5.74, 6) is 1.65. The van der Waals surface area contributed by atoms with Gasteiger partial charge in [0.2, 0.25) is 5.95 Å². The van der Waals surface area contributed by atoms with Crippen molar-refractivity contribution in [3.05, 3.63) is 47.7 Å². The van der Waals surface area contributed by atoms with E-state index in [2.05, 4.69) is 65.2 Å². The maximum Gasteiger partial charge on any atom is 0.227 e. The normalized spacial score (nSPS) is 10.3. The number of nitrogens with zero attached hydrogens (tertiary/aromatic N) is 3. The van der Waals surface area contributed by atoms with Crippen LogP contribution >= 0.6 is 0 Å². The Morgan fingerprint density at radius 2 is 1.95 bits per heavy atom. The number of anilines is 2. The minimum absolute atomic E-state index is 0.774. The highest BCUT2D eigenvalue weighted by Gasteiger charge is 2.05. The van der Waals surface area contributed by atoms with E-state index < -0.39 is 0 Å². The molecule has 0 unspecified atom stereocenters. The summed E-state index contributed by atoms with van der Waals surface area (Å²) in [4.78, 5) is 11.0. The third-order valence-electron chi connectivity index (χ3n) is 3.25. The molecule has 0 saturated carbocycles. The van der Waals surface area contributed by atoms with Crippen LogP contribution in [0.1, 0.15) is 25.0 Å². The number of aryl methyl sites for hydroxylation is 1. The number of benzene rings is 1. The lowest BCUT2D eigenvalue weighted by molar-refractivity contribution is 0.821. The van der Waals surface area contributed by atoms with Gasteiger partial charge in [0.1, 0.15) is 5.82 Å². The van der Waals surface area contributed by atoms with E-state index in [0.717, 1.165) is 31.4 Å². The molecule has 0 bridgehead atoms. The van der Waals surface area contributed by atoms with Crippen molar-refractivity contribution in [2.24, 2.45) is 0 Å². The van der Waals surface area contributed by atoms with Crippen molar-refractivity contribution in [2.75, 3.05) is 23.3 Å². The molecule has 0 saturated heterocycles. The van der Waals surface area contributed by atoms with Gasteiger partial charge in [-0.25, -0.2) is 4.98 Å². The summed E-state index contributed by atoms with van der Waals surface area (Å²) in [5, 5.41) is 3.35. The molecule has 0 spiro atoms. The monoisotopic (exact) mass is 270 g/mol. The van der Waals surface area contributed by atoms with E-state index in [9.17, 15) is 0 Å². The van der Waals surface area contributed by atoms with Crippen LogP contribution in [0.4, 0.5) is 11.8 Å². The molecule has 0 amide bonds. The van der Waals surface area contributed by atoms with Crippen LogP contribution in [-0.4, -0.2) is 23.1 Å². The molecule has 20 heavy (non-hydrogen) atoms. The maximum absolute atomic E-state index is 4.56. The second-order valence-electron chi connectivity index (χ2n) is 4.76. The van der Waals surface area contributed by atoms with Gasteiger partial charge < -0.3 is 10.2 Å². The highest BCUT2D eigenvalue weighted by atomic mass is 15.3. The molecule has 0 aliphatic heterocycles. The van der Waals surface area contributed by atoms with E-state index in [1.165, 1.54) is 11.1 Å². The van der Waals surface area contributed by atoms with Crippen LogP contribution in [0.15, 0.2) is 36.5 Å². The predicted molar refractivity (Wildman–Crippen MR) is 84.1 cm³/mol. The van der Waals surface area contributed by atoms with Gasteiger partial charge in [0, 0.05) is 25.8 Å². The molecular weight excluding hydrogens is 248 g/mol. The Morgan fingerprint density at radius 3 is 2.65 bits per heavy atom. The van der Waals surface area contributed by atoms with Gasteiger partial charge >= 0.3 is 0 Å². The SMILES string of the molecule is CCN(CC)c1nccc(NCc2cccc(C)c2)n1. The molecule has 0 aliphatic carbocycles. The van der Waals surface area contributed by atoms with Crippen molar-refractivity contribution in [3.63, 3.8) is 0 Å². The lowest BCUT2D eigenvalue weighted by Crippen LogP contribution is -2.24. The van der Waals surface area contributed by atoms with Gasteiger partial charge in [0.05, 0.1) is 0 Å². The standard InChI is InChI=1S/C16H22N4/c1-4-20(5-2)16-17-10-9-15(19-16)18-12-14-8-6-7-13(3)11-14/h6-11H,4-5,12H2,1-3H3,(H,17,18,19). The Labute approximate surface area is 120 Å². The van der Waals surface area contributed by atoms with E-state index in [1.807, 2.05) is 6.07 Å². The molecular formula is C16H22N4. The Morgan fingerprint density at radius 1 is 1.15 bits per heavy atom. The number of aromatic nitrogens is 2. The van der Waals surface area contributed by atoms with Crippen LogP contribution in [0.2, 0.25) is 0 Å². The molecule has 0 radical (unpaired) electrons. The fraction of sp³-hybridized carbons (Fsp3) is 0.375.